The molecule has 0 unspecified atom stereocenters. The van der Waals surface area contributed by atoms with Crippen LogP contribution < -0.4 is 5.73 Å². The van der Waals surface area contributed by atoms with Crippen molar-refractivity contribution in [2.75, 3.05) is 5.73 Å². The fourth-order valence-corrected chi connectivity index (χ4v) is 2.44. The summed E-state index contributed by atoms with van der Waals surface area (Å²) in [5.74, 6) is 0.667. The number of nitrogens with zero attached hydrogens (tertiary/aromatic N) is 1. The second-order valence-electron chi connectivity index (χ2n) is 4.64. The van der Waals surface area contributed by atoms with Crippen molar-refractivity contribution >= 4 is 27.5 Å². The fraction of sp³-hybridized carbons (Fsp3) is 0.188. The van der Waals surface area contributed by atoms with Crippen LogP contribution in [-0.2, 0) is 6.42 Å². The van der Waals surface area contributed by atoms with Crippen molar-refractivity contribution in [3.63, 3.8) is 0 Å². The first-order valence-electron chi connectivity index (χ1n) is 6.36. The van der Waals surface area contributed by atoms with Gasteiger partial charge < -0.3 is 5.73 Å². The predicted octanol–water partition coefficient (Wildman–Crippen LogP) is 3.92. The highest BCUT2D eigenvalue weighted by Gasteiger charge is 2.06. The molecule has 90 valence electrons. The van der Waals surface area contributed by atoms with Gasteiger partial charge in [0.05, 0.1) is 5.52 Å². The van der Waals surface area contributed by atoms with E-state index in [0.717, 1.165) is 23.9 Å². The highest BCUT2D eigenvalue weighted by Crippen LogP contribution is 2.26. The van der Waals surface area contributed by atoms with Crippen molar-refractivity contribution in [2.24, 2.45) is 0 Å². The number of nitrogens with two attached hydrogens (primary N) is 1. The molecule has 0 amide bonds. The predicted molar refractivity (Wildman–Crippen MR) is 77.7 cm³/mol. The normalized spacial score (nSPS) is 11.2. The summed E-state index contributed by atoms with van der Waals surface area (Å²) < 4.78 is 0. The first-order valence-corrected chi connectivity index (χ1v) is 6.36. The Kier molecular flexibility index (Phi) is 2.63. The number of aromatic nitrogens is 1. The minimum Gasteiger partial charge on any atom is -0.383 e. The Balaban J connectivity index is 2.35. The summed E-state index contributed by atoms with van der Waals surface area (Å²) in [4.78, 5) is 4.60. The fourth-order valence-electron chi connectivity index (χ4n) is 2.44. The molecule has 1 aromatic heterocycles. The zero-order valence-electron chi connectivity index (χ0n) is 10.5. The molecule has 0 radical (unpaired) electrons. The van der Waals surface area contributed by atoms with Gasteiger partial charge in [-0.2, -0.15) is 0 Å². The smallest absolute Gasteiger partial charge is 0.127 e. The molecule has 1 heterocycles. The SMILES string of the molecule is CCCc1cc2ccc3ccccc3c2nc1N. The maximum atomic E-state index is 6.05. The number of rotatable bonds is 2. The van der Waals surface area contributed by atoms with Crippen molar-refractivity contribution in [3.8, 4) is 0 Å². The van der Waals surface area contributed by atoms with E-state index in [2.05, 4.69) is 42.2 Å². The van der Waals surface area contributed by atoms with Crippen LogP contribution in [0.5, 0.6) is 0 Å². The molecule has 2 aromatic carbocycles. The number of pyridine rings is 1. The van der Waals surface area contributed by atoms with Crippen LogP contribution in [0.25, 0.3) is 21.7 Å². The Labute approximate surface area is 106 Å². The van der Waals surface area contributed by atoms with Crippen molar-refractivity contribution in [3.05, 3.63) is 48.0 Å². The standard InChI is InChI=1S/C16H16N2/c1-2-5-13-10-12-9-8-11-6-3-4-7-14(11)15(12)18-16(13)17/h3-4,6-10H,2,5H2,1H3,(H2,17,18). The molecular formula is C16H16N2. The van der Waals surface area contributed by atoms with E-state index in [4.69, 9.17) is 5.73 Å². The van der Waals surface area contributed by atoms with Gasteiger partial charge in [-0.25, -0.2) is 4.98 Å². The number of fused-ring (bicyclic) bond motifs is 3. The number of nitrogen functional groups attached to an aromatic ring is 1. The second kappa shape index (κ2) is 4.30. The molecule has 0 aliphatic heterocycles. The average molecular weight is 236 g/mol. The van der Waals surface area contributed by atoms with E-state index in [-0.39, 0.29) is 0 Å². The Morgan fingerprint density at radius 2 is 1.83 bits per heavy atom. The monoisotopic (exact) mass is 236 g/mol. The van der Waals surface area contributed by atoms with Crippen molar-refractivity contribution < 1.29 is 0 Å². The highest BCUT2D eigenvalue weighted by molar-refractivity contribution is 6.05. The van der Waals surface area contributed by atoms with Crippen LogP contribution >= 0.6 is 0 Å². The molecule has 0 spiro atoms. The van der Waals surface area contributed by atoms with E-state index >= 15 is 0 Å². The number of hydrogen-bond acceptors (Lipinski definition) is 2. The number of hydrogen-bond donors (Lipinski definition) is 1. The van der Waals surface area contributed by atoms with E-state index < -0.39 is 0 Å². The van der Waals surface area contributed by atoms with E-state index in [1.54, 1.807) is 0 Å². The molecular weight excluding hydrogens is 220 g/mol. The maximum absolute atomic E-state index is 6.05. The third-order valence-electron chi connectivity index (χ3n) is 3.34. The summed E-state index contributed by atoms with van der Waals surface area (Å²) in [5, 5.41) is 3.55. The van der Waals surface area contributed by atoms with Gasteiger partial charge in [0, 0.05) is 10.8 Å². The number of aryl methyl sites for hydroxylation is 1. The molecule has 2 N–H and O–H groups in total. The molecule has 0 atom stereocenters. The zero-order valence-corrected chi connectivity index (χ0v) is 10.5. The van der Waals surface area contributed by atoms with Crippen molar-refractivity contribution in [1.82, 2.24) is 4.98 Å². The summed E-state index contributed by atoms with van der Waals surface area (Å²) in [6.45, 7) is 2.16. The molecule has 0 saturated heterocycles. The molecule has 3 aromatic rings. The highest BCUT2D eigenvalue weighted by atomic mass is 14.8. The van der Waals surface area contributed by atoms with Crippen LogP contribution in [0.15, 0.2) is 42.5 Å². The van der Waals surface area contributed by atoms with Crippen molar-refractivity contribution in [1.29, 1.82) is 0 Å². The van der Waals surface area contributed by atoms with Gasteiger partial charge in [0.25, 0.3) is 0 Å². The molecule has 0 fully saturated rings. The van der Waals surface area contributed by atoms with Gasteiger partial charge in [0.2, 0.25) is 0 Å². The zero-order chi connectivity index (χ0) is 12.5. The minimum absolute atomic E-state index is 0.667. The van der Waals surface area contributed by atoms with Gasteiger partial charge in [0.1, 0.15) is 5.82 Å². The average Bonchev–Trinajstić information content (AvgIpc) is 2.40. The van der Waals surface area contributed by atoms with Crippen LogP contribution in [0.4, 0.5) is 5.82 Å². The summed E-state index contributed by atoms with van der Waals surface area (Å²) in [6, 6.07) is 14.7. The number of benzene rings is 2. The third kappa shape index (κ3) is 1.70. The summed E-state index contributed by atoms with van der Waals surface area (Å²) in [7, 11) is 0. The first kappa shape index (κ1) is 11.0. The first-order chi connectivity index (χ1) is 8.79. The Morgan fingerprint density at radius 1 is 1.06 bits per heavy atom. The van der Waals surface area contributed by atoms with Gasteiger partial charge in [-0.3, -0.25) is 0 Å². The molecule has 2 nitrogen and oxygen atoms in total. The topological polar surface area (TPSA) is 38.9 Å². The summed E-state index contributed by atoms with van der Waals surface area (Å²) in [6.07, 6.45) is 2.08. The Bertz CT molecular complexity index is 717. The second-order valence-corrected chi connectivity index (χ2v) is 4.64. The summed E-state index contributed by atoms with van der Waals surface area (Å²) in [5.41, 5.74) is 8.21. The number of anilines is 1. The van der Waals surface area contributed by atoms with Crippen LogP contribution in [0.1, 0.15) is 18.9 Å². The van der Waals surface area contributed by atoms with E-state index in [1.807, 2.05) is 12.1 Å². The van der Waals surface area contributed by atoms with Crippen LogP contribution in [-0.4, -0.2) is 4.98 Å². The van der Waals surface area contributed by atoms with Crippen molar-refractivity contribution in [2.45, 2.75) is 19.8 Å². The van der Waals surface area contributed by atoms with Gasteiger partial charge in [-0.15, -0.1) is 0 Å². The quantitative estimate of drug-likeness (QED) is 0.685. The molecule has 0 aliphatic rings. The molecule has 0 bridgehead atoms. The lowest BCUT2D eigenvalue weighted by molar-refractivity contribution is 0.921. The van der Waals surface area contributed by atoms with Gasteiger partial charge in [-0.05, 0) is 23.4 Å². The third-order valence-corrected chi connectivity index (χ3v) is 3.34. The minimum atomic E-state index is 0.667. The summed E-state index contributed by atoms with van der Waals surface area (Å²) >= 11 is 0. The Hall–Kier alpha value is -2.09. The lowest BCUT2D eigenvalue weighted by Gasteiger charge is -2.08. The van der Waals surface area contributed by atoms with Crippen LogP contribution in [0.3, 0.4) is 0 Å². The molecule has 3 rings (SSSR count). The molecule has 18 heavy (non-hydrogen) atoms. The molecule has 0 saturated carbocycles. The molecule has 2 heteroatoms. The lowest BCUT2D eigenvalue weighted by Crippen LogP contribution is -1.98. The molecule has 0 aliphatic carbocycles. The van der Waals surface area contributed by atoms with Crippen LogP contribution in [0.2, 0.25) is 0 Å². The van der Waals surface area contributed by atoms with E-state index in [1.165, 1.54) is 16.2 Å². The largest absolute Gasteiger partial charge is 0.383 e. The van der Waals surface area contributed by atoms with Crippen LogP contribution in [0, 0.1) is 0 Å². The van der Waals surface area contributed by atoms with E-state index in [0.29, 0.717) is 5.82 Å². The lowest BCUT2D eigenvalue weighted by atomic mass is 10.0. The van der Waals surface area contributed by atoms with E-state index in [9.17, 15) is 0 Å². The maximum Gasteiger partial charge on any atom is 0.127 e. The van der Waals surface area contributed by atoms with Gasteiger partial charge >= 0.3 is 0 Å². The van der Waals surface area contributed by atoms with Gasteiger partial charge in [-0.1, -0.05) is 49.7 Å². The van der Waals surface area contributed by atoms with Gasteiger partial charge in [0.15, 0.2) is 0 Å². The Morgan fingerprint density at radius 3 is 2.67 bits per heavy atom.